The van der Waals surface area contributed by atoms with Crippen LogP contribution in [0.2, 0.25) is 0 Å². The summed E-state index contributed by atoms with van der Waals surface area (Å²) in [5, 5.41) is 2.61. The van der Waals surface area contributed by atoms with Gasteiger partial charge >= 0.3 is 12.1 Å². The van der Waals surface area contributed by atoms with E-state index in [4.69, 9.17) is 5.53 Å². The van der Waals surface area contributed by atoms with Gasteiger partial charge in [-0.05, 0) is 30.5 Å². The summed E-state index contributed by atoms with van der Waals surface area (Å²) < 4.78 is 0. The highest BCUT2D eigenvalue weighted by atomic mass is 16.1. The average Bonchev–Trinajstić information content (AvgIpc) is 2.45. The number of carbonyl (C=O) groups is 1. The van der Waals surface area contributed by atoms with Gasteiger partial charge in [-0.2, -0.15) is 4.79 Å². The number of unbranched alkanes of at least 4 members (excludes halogenated alkanes) is 5. The van der Waals surface area contributed by atoms with E-state index in [0.717, 1.165) is 12.6 Å². The van der Waals surface area contributed by atoms with Crippen LogP contribution < -0.4 is 5.32 Å². The Morgan fingerprint density at radius 2 is 1.80 bits per heavy atom. The van der Waals surface area contributed by atoms with Crippen molar-refractivity contribution < 1.29 is 9.58 Å². The predicted octanol–water partition coefficient (Wildman–Crippen LogP) is 3.83. The summed E-state index contributed by atoms with van der Waals surface area (Å²) >= 11 is 0. The third-order valence-corrected chi connectivity index (χ3v) is 3.22. The maximum atomic E-state index is 11.2. The topological polar surface area (TPSA) is 65.5 Å². The molecule has 0 radical (unpaired) electrons. The molecule has 0 aliphatic carbocycles. The molecule has 0 heterocycles. The Labute approximate surface area is 120 Å². The van der Waals surface area contributed by atoms with Gasteiger partial charge in [-0.1, -0.05) is 51.2 Å². The molecule has 0 spiro atoms. The number of carbonyl (C=O) groups excluding carboxylic acids is 1. The van der Waals surface area contributed by atoms with Crippen LogP contribution in [0.4, 0.5) is 5.69 Å². The lowest BCUT2D eigenvalue weighted by Crippen LogP contribution is -2.12. The molecule has 1 aromatic carbocycles. The van der Waals surface area contributed by atoms with E-state index in [1.807, 2.05) is 24.3 Å². The average molecular weight is 273 g/mol. The van der Waals surface area contributed by atoms with Crippen molar-refractivity contribution in [1.29, 1.82) is 0 Å². The second-order valence-corrected chi connectivity index (χ2v) is 4.95. The second-order valence-electron chi connectivity index (χ2n) is 4.95. The molecular formula is C16H23N3O. The van der Waals surface area contributed by atoms with Crippen molar-refractivity contribution in [2.45, 2.75) is 51.9 Å². The normalized spacial score (nSPS) is 9.85. The standard InChI is InChI=1S/C16H23N3O/c1-2-3-4-5-6-7-8-14-9-11-15(12-10-14)19-16(20)13-18-17/h9-13H,2-8H2,1H3,(H,19,20). The highest BCUT2D eigenvalue weighted by Crippen LogP contribution is 2.13. The SMILES string of the molecule is CCCCCCCCc1ccc(NC(=O)C=[N+]=[N-])cc1. The Hall–Kier alpha value is -1.93. The number of benzene rings is 1. The monoisotopic (exact) mass is 273 g/mol. The van der Waals surface area contributed by atoms with E-state index in [1.54, 1.807) is 0 Å². The molecule has 0 saturated heterocycles. The summed E-state index contributed by atoms with van der Waals surface area (Å²) in [6.45, 7) is 2.23. The number of hydrogen-bond acceptors (Lipinski definition) is 1. The molecule has 4 nitrogen and oxygen atoms in total. The number of rotatable bonds is 9. The van der Waals surface area contributed by atoms with Gasteiger partial charge in [-0.3, -0.25) is 4.79 Å². The third kappa shape index (κ3) is 6.86. The Morgan fingerprint density at radius 3 is 2.45 bits per heavy atom. The van der Waals surface area contributed by atoms with Crippen molar-refractivity contribution in [3.63, 3.8) is 0 Å². The number of nitrogens with zero attached hydrogens (tertiary/aromatic N) is 2. The number of nitrogens with one attached hydrogen (secondary N) is 1. The third-order valence-electron chi connectivity index (χ3n) is 3.22. The van der Waals surface area contributed by atoms with Crippen molar-refractivity contribution in [2.24, 2.45) is 0 Å². The lowest BCUT2D eigenvalue weighted by Gasteiger charge is -2.04. The molecule has 0 aliphatic heterocycles. The summed E-state index contributed by atoms with van der Waals surface area (Å²) in [6.07, 6.45) is 9.71. The Morgan fingerprint density at radius 1 is 1.15 bits per heavy atom. The molecular weight excluding hydrogens is 250 g/mol. The van der Waals surface area contributed by atoms with Crippen LogP contribution in [0.25, 0.3) is 5.53 Å². The molecule has 108 valence electrons. The molecule has 4 heteroatoms. The van der Waals surface area contributed by atoms with Crippen molar-refractivity contribution in [1.82, 2.24) is 0 Å². The van der Waals surface area contributed by atoms with Crippen LogP contribution >= 0.6 is 0 Å². The van der Waals surface area contributed by atoms with Crippen LogP contribution in [-0.2, 0) is 11.2 Å². The molecule has 0 aromatic heterocycles. The van der Waals surface area contributed by atoms with Crippen LogP contribution in [0, 0.1) is 0 Å². The Balaban J connectivity index is 2.28. The summed E-state index contributed by atoms with van der Waals surface area (Å²) in [5.41, 5.74) is 10.2. The largest absolute Gasteiger partial charge is 0.361 e. The molecule has 0 aliphatic rings. The minimum atomic E-state index is -0.434. The van der Waals surface area contributed by atoms with Crippen LogP contribution in [-0.4, -0.2) is 16.9 Å². The van der Waals surface area contributed by atoms with Gasteiger partial charge in [-0.15, -0.1) is 0 Å². The fraction of sp³-hybridized carbons (Fsp3) is 0.500. The van der Waals surface area contributed by atoms with Gasteiger partial charge in [0.05, 0.1) is 0 Å². The molecule has 0 unspecified atom stereocenters. The van der Waals surface area contributed by atoms with E-state index >= 15 is 0 Å². The molecule has 1 rings (SSSR count). The van der Waals surface area contributed by atoms with Gasteiger partial charge in [0.2, 0.25) is 0 Å². The first-order valence-corrected chi connectivity index (χ1v) is 7.33. The zero-order chi connectivity index (χ0) is 14.6. The number of aryl methyl sites for hydroxylation is 1. The van der Waals surface area contributed by atoms with Gasteiger partial charge in [-0.25, -0.2) is 0 Å². The van der Waals surface area contributed by atoms with Crippen molar-refractivity contribution >= 4 is 17.8 Å². The number of anilines is 1. The van der Waals surface area contributed by atoms with Gasteiger partial charge in [0.15, 0.2) is 0 Å². The highest BCUT2D eigenvalue weighted by molar-refractivity contribution is 6.29. The van der Waals surface area contributed by atoms with E-state index in [-0.39, 0.29) is 0 Å². The van der Waals surface area contributed by atoms with E-state index < -0.39 is 5.91 Å². The second kappa shape index (κ2) is 9.93. The van der Waals surface area contributed by atoms with E-state index in [0.29, 0.717) is 5.69 Å². The van der Waals surface area contributed by atoms with Crippen LogP contribution in [0.5, 0.6) is 0 Å². The van der Waals surface area contributed by atoms with Gasteiger partial charge in [0.25, 0.3) is 0 Å². The molecule has 1 amide bonds. The smallest absolute Gasteiger partial charge is 0.344 e. The van der Waals surface area contributed by atoms with Gasteiger partial charge < -0.3 is 10.8 Å². The fourth-order valence-electron chi connectivity index (χ4n) is 2.09. The summed E-state index contributed by atoms with van der Waals surface area (Å²) in [5.74, 6) is -0.434. The van der Waals surface area contributed by atoms with Crippen LogP contribution in [0.15, 0.2) is 24.3 Å². The van der Waals surface area contributed by atoms with E-state index in [9.17, 15) is 4.79 Å². The zero-order valence-corrected chi connectivity index (χ0v) is 12.1. The highest BCUT2D eigenvalue weighted by Gasteiger charge is 2.02. The molecule has 0 atom stereocenters. The van der Waals surface area contributed by atoms with Gasteiger partial charge in [0.1, 0.15) is 0 Å². The summed E-state index contributed by atoms with van der Waals surface area (Å²) in [4.78, 5) is 13.9. The van der Waals surface area contributed by atoms with Gasteiger partial charge in [0, 0.05) is 5.69 Å². The van der Waals surface area contributed by atoms with Crippen LogP contribution in [0.1, 0.15) is 51.0 Å². The fourth-order valence-corrected chi connectivity index (χ4v) is 2.09. The predicted molar refractivity (Wildman–Crippen MR) is 81.8 cm³/mol. The maximum absolute atomic E-state index is 11.2. The lowest BCUT2D eigenvalue weighted by molar-refractivity contribution is -0.113. The van der Waals surface area contributed by atoms with Crippen molar-refractivity contribution in [2.75, 3.05) is 5.32 Å². The first kappa shape index (κ1) is 16.1. The molecule has 0 bridgehead atoms. The van der Waals surface area contributed by atoms with Crippen LogP contribution in [0.3, 0.4) is 0 Å². The molecule has 0 saturated carbocycles. The molecule has 1 N–H and O–H groups in total. The quantitative estimate of drug-likeness (QED) is 0.316. The summed E-state index contributed by atoms with van der Waals surface area (Å²) in [6, 6.07) is 7.79. The maximum Gasteiger partial charge on any atom is 0.344 e. The van der Waals surface area contributed by atoms with E-state index in [1.165, 1.54) is 44.1 Å². The Bertz CT molecular complexity index is 447. The summed E-state index contributed by atoms with van der Waals surface area (Å²) in [7, 11) is 0. The first-order chi connectivity index (χ1) is 9.76. The van der Waals surface area contributed by atoms with Crippen molar-refractivity contribution in [3.8, 4) is 0 Å². The number of amides is 1. The van der Waals surface area contributed by atoms with Crippen molar-refractivity contribution in [3.05, 3.63) is 35.4 Å². The number of hydrogen-bond donors (Lipinski definition) is 1. The van der Waals surface area contributed by atoms with E-state index in [2.05, 4.69) is 17.0 Å². The minimum absolute atomic E-state index is 0.434. The molecule has 0 fully saturated rings. The Kier molecular flexibility index (Phi) is 8.01. The zero-order valence-electron chi connectivity index (χ0n) is 12.1. The lowest BCUT2D eigenvalue weighted by atomic mass is 10.0. The molecule has 20 heavy (non-hydrogen) atoms. The molecule has 1 aromatic rings. The first-order valence-electron chi connectivity index (χ1n) is 7.33. The minimum Gasteiger partial charge on any atom is -0.361 e.